The fourth-order valence-electron chi connectivity index (χ4n) is 9.65. The maximum atomic E-state index is 16.0. The molecule has 4 heterocycles. The summed E-state index contributed by atoms with van der Waals surface area (Å²) in [5.41, 5.74) is -3.86. The summed E-state index contributed by atoms with van der Waals surface area (Å²) in [6.45, 7) is 1.81. The van der Waals surface area contributed by atoms with Gasteiger partial charge in [-0.1, -0.05) is 24.0 Å². The van der Waals surface area contributed by atoms with E-state index in [4.69, 9.17) is 15.1 Å². The number of pyridine rings is 1. The third-order valence-corrected chi connectivity index (χ3v) is 14.9. The first kappa shape index (κ1) is 64.0. The van der Waals surface area contributed by atoms with Gasteiger partial charge in [-0.15, -0.1) is 0 Å². The standard InChI is InChI=1S/C54H64F10N10O8/c1-29-16-43(72-23-35-14-15-36(24-72)74(35)37-27-82-28-37)66-21-32(29)13-12-30-8-10-31(11-9-30)17-41(68-46(76)44(69-49(78)80-6)51(2,3)53(59,60)61)42(75)26-73(71-47(77)45(70-50(79)81-7)52(4,5)54(62,63)64)25-38-39(55)18-33(19-40(38)56)34(20-65)22-67-48(57)58/h8-11,16,18-22,35-37,41-42,44-45,48,65,67,75H,14-15,17,23-28H2,1-7H3,(H,68,76)(H,69,78)(H,70,79)(H,71,77)/b34-22+,65-20?/t35?,36?,41-,42-,44+,45+/m0/s1. The van der Waals surface area contributed by atoms with E-state index in [1.54, 1.807) is 29.0 Å². The van der Waals surface area contributed by atoms with Crippen LogP contribution in [0.2, 0.25) is 0 Å². The first-order chi connectivity index (χ1) is 38.4. The average molecular weight is 1170 g/mol. The molecule has 2 unspecified atom stereocenters. The van der Waals surface area contributed by atoms with Crippen LogP contribution in [0.1, 0.15) is 73.9 Å². The molecule has 3 saturated heterocycles. The Morgan fingerprint density at radius 3 is 1.87 bits per heavy atom. The van der Waals surface area contributed by atoms with E-state index in [0.717, 1.165) is 64.7 Å². The topological polar surface area (TPSA) is 223 Å². The number of hydrogen-bond acceptors (Lipinski definition) is 14. The van der Waals surface area contributed by atoms with Gasteiger partial charge < -0.3 is 50.9 Å². The highest BCUT2D eigenvalue weighted by Crippen LogP contribution is 2.42. The highest BCUT2D eigenvalue weighted by atomic mass is 19.4. The Morgan fingerprint density at radius 2 is 1.39 bits per heavy atom. The normalized spacial score (nSPS) is 18.5. The minimum absolute atomic E-state index is 0.262. The predicted octanol–water partition coefficient (Wildman–Crippen LogP) is 6.47. The molecular weight excluding hydrogens is 1110 g/mol. The number of aromatic nitrogens is 1. The molecule has 82 heavy (non-hydrogen) atoms. The number of methoxy groups -OCH3 is 2. The van der Waals surface area contributed by atoms with Crippen molar-refractivity contribution in [1.82, 2.24) is 41.6 Å². The first-order valence-corrected chi connectivity index (χ1v) is 25.7. The third-order valence-electron chi connectivity index (χ3n) is 14.9. The monoisotopic (exact) mass is 1170 g/mol. The fourth-order valence-corrected chi connectivity index (χ4v) is 9.65. The number of aliphatic hydroxyl groups is 1. The van der Waals surface area contributed by atoms with E-state index >= 15 is 8.78 Å². The summed E-state index contributed by atoms with van der Waals surface area (Å²) >= 11 is 0. The van der Waals surface area contributed by atoms with Crippen molar-refractivity contribution in [2.24, 2.45) is 10.8 Å². The van der Waals surface area contributed by atoms with Crippen molar-refractivity contribution >= 4 is 41.6 Å². The summed E-state index contributed by atoms with van der Waals surface area (Å²) in [6, 6.07) is 3.62. The Labute approximate surface area is 466 Å². The molecule has 0 spiro atoms. The van der Waals surface area contributed by atoms with E-state index < -0.39 is 126 Å². The fraction of sp³-hybridized carbons (Fsp3) is 0.519. The molecule has 0 saturated carbocycles. The summed E-state index contributed by atoms with van der Waals surface area (Å²) in [5.74, 6) is 0.748. The van der Waals surface area contributed by atoms with E-state index in [-0.39, 0.29) is 5.56 Å². The number of nitrogens with zero attached hydrogens (tertiary/aromatic N) is 4. The summed E-state index contributed by atoms with van der Waals surface area (Å²) in [4.78, 5) is 62.5. The van der Waals surface area contributed by atoms with Gasteiger partial charge in [0.1, 0.15) is 29.5 Å². The van der Waals surface area contributed by atoms with Crippen LogP contribution in [0.4, 0.5) is 59.3 Å². The lowest BCUT2D eigenvalue weighted by atomic mass is 9.82. The number of ether oxygens (including phenoxy) is 3. The highest BCUT2D eigenvalue weighted by molar-refractivity contribution is 6.08. The van der Waals surface area contributed by atoms with E-state index in [9.17, 15) is 59.4 Å². The third kappa shape index (κ3) is 15.3. The number of anilines is 1. The minimum atomic E-state index is -5.24. The van der Waals surface area contributed by atoms with Gasteiger partial charge in [0.15, 0.2) is 0 Å². The van der Waals surface area contributed by atoms with E-state index in [1.165, 1.54) is 12.1 Å². The van der Waals surface area contributed by atoms with Gasteiger partial charge in [0.2, 0.25) is 5.91 Å². The lowest BCUT2D eigenvalue weighted by Crippen LogP contribution is -2.63. The van der Waals surface area contributed by atoms with Crippen LogP contribution in [0.5, 0.6) is 0 Å². The molecule has 2 bridgehead atoms. The predicted molar refractivity (Wildman–Crippen MR) is 278 cm³/mol. The van der Waals surface area contributed by atoms with Crippen molar-refractivity contribution in [3.63, 3.8) is 0 Å². The molecule has 0 aliphatic carbocycles. The van der Waals surface area contributed by atoms with Crippen LogP contribution in [-0.2, 0) is 36.8 Å². The van der Waals surface area contributed by atoms with Gasteiger partial charge in [-0.05, 0) is 101 Å². The number of piperazine rings is 1. The molecular formula is C54H64F10N10O8. The molecule has 3 fully saturated rings. The summed E-state index contributed by atoms with van der Waals surface area (Å²) in [6.07, 6.45) is -11.2. The van der Waals surface area contributed by atoms with Crippen molar-refractivity contribution in [3.05, 3.63) is 99.9 Å². The molecule has 4 amide bonds. The smallest absolute Gasteiger partial charge is 0.407 e. The Kier molecular flexibility index (Phi) is 20.6. The minimum Gasteiger partial charge on any atom is -0.453 e. The van der Waals surface area contributed by atoms with E-state index in [0.29, 0.717) is 86.5 Å². The zero-order chi connectivity index (χ0) is 60.6. The van der Waals surface area contributed by atoms with Crippen molar-refractivity contribution in [2.45, 2.75) is 122 Å². The number of carbonyl (C=O) groups excluding carboxylic acids is 4. The Balaban J connectivity index is 1.33. The number of alkyl carbamates (subject to hydrolysis) is 2. The second kappa shape index (κ2) is 26.4. The van der Waals surface area contributed by atoms with E-state index in [2.05, 4.69) is 36.4 Å². The van der Waals surface area contributed by atoms with Crippen LogP contribution in [0.3, 0.4) is 0 Å². The lowest BCUT2D eigenvalue weighted by molar-refractivity contribution is -0.221. The van der Waals surface area contributed by atoms with Crippen LogP contribution in [0.25, 0.3) is 5.57 Å². The molecule has 3 aromatic rings. The Bertz CT molecular complexity index is 2860. The van der Waals surface area contributed by atoms with Crippen LogP contribution in [0, 0.1) is 46.6 Å². The molecule has 6 rings (SSSR count). The maximum Gasteiger partial charge on any atom is 0.407 e. The molecule has 7 N–H and O–H groups in total. The summed E-state index contributed by atoms with van der Waals surface area (Å²) in [5, 5.41) is 27.6. The van der Waals surface area contributed by atoms with Crippen molar-refractivity contribution in [2.75, 3.05) is 52.0 Å². The first-order valence-electron chi connectivity index (χ1n) is 25.7. The quantitative estimate of drug-likeness (QED) is 0.0200. The van der Waals surface area contributed by atoms with Gasteiger partial charge in [-0.25, -0.2) is 28.4 Å². The van der Waals surface area contributed by atoms with Crippen molar-refractivity contribution < 1.29 is 82.4 Å². The maximum absolute atomic E-state index is 16.0. The summed E-state index contributed by atoms with van der Waals surface area (Å²) in [7, 11) is 1.59. The summed E-state index contributed by atoms with van der Waals surface area (Å²) < 4.78 is 160. The molecule has 2 aromatic carbocycles. The number of aliphatic hydroxyl groups excluding tert-OH is 1. The lowest BCUT2D eigenvalue weighted by Gasteiger charge is -2.48. The SMILES string of the molecule is COC(=O)N[C@H](C(=O)N[C@@H](Cc1ccc(C#Cc2cnc(N3CC4CCC(C3)N4C3COC3)cc2C)cc1)[C@@H](O)CN(Cc1c(F)cc(/C(C=N)=C/NC(F)F)cc1F)NC(=O)[C@@H](NC(=O)OC)C(C)(C)C(F)(F)F)C(C)(C)C(F)(F)F. The number of carbonyl (C=O) groups is 4. The van der Waals surface area contributed by atoms with Gasteiger partial charge in [0.25, 0.3) is 5.91 Å². The van der Waals surface area contributed by atoms with Gasteiger partial charge in [-0.2, -0.15) is 35.1 Å². The zero-order valence-corrected chi connectivity index (χ0v) is 45.6. The Hall–Kier alpha value is -7.22. The number of nitrogens with one attached hydrogen (secondary N) is 6. The Morgan fingerprint density at radius 1 is 0.841 bits per heavy atom. The van der Waals surface area contributed by atoms with Crippen LogP contribution in [-0.4, -0.2) is 159 Å². The molecule has 18 nitrogen and oxygen atoms in total. The average Bonchev–Trinajstić information content (AvgIpc) is 3.87. The van der Waals surface area contributed by atoms with Gasteiger partial charge in [-0.3, -0.25) is 19.9 Å². The molecule has 448 valence electrons. The number of benzene rings is 2. The number of hydrazine groups is 1. The van der Waals surface area contributed by atoms with Crippen molar-refractivity contribution in [3.8, 4) is 11.8 Å². The second-order valence-corrected chi connectivity index (χ2v) is 21.2. The number of allylic oxidation sites excluding steroid dienone is 1. The number of alkyl halides is 8. The molecule has 28 heteroatoms. The molecule has 1 aromatic heterocycles. The molecule has 0 radical (unpaired) electrons. The largest absolute Gasteiger partial charge is 0.453 e. The molecule has 3 aliphatic heterocycles. The van der Waals surface area contributed by atoms with Crippen LogP contribution >= 0.6 is 0 Å². The number of aryl methyl sites for hydroxylation is 1. The second-order valence-electron chi connectivity index (χ2n) is 21.2. The number of rotatable bonds is 21. The molecule has 3 aliphatic rings. The van der Waals surface area contributed by atoms with Crippen LogP contribution in [0.15, 0.2) is 54.9 Å². The number of hydrogen-bond donors (Lipinski definition) is 7. The zero-order valence-electron chi connectivity index (χ0n) is 45.6. The number of halogens is 10. The number of fused-ring (bicyclic) bond motifs is 2. The molecule has 6 atom stereocenters. The van der Waals surface area contributed by atoms with E-state index in [1.807, 2.05) is 23.7 Å². The van der Waals surface area contributed by atoms with Gasteiger partial charge in [0.05, 0.1) is 56.5 Å². The van der Waals surface area contributed by atoms with Gasteiger partial charge in [0, 0.05) is 79.1 Å². The van der Waals surface area contributed by atoms with Crippen LogP contribution < -0.4 is 31.6 Å². The number of amides is 4. The highest BCUT2D eigenvalue weighted by Gasteiger charge is 2.57. The van der Waals surface area contributed by atoms with Gasteiger partial charge >= 0.3 is 31.1 Å². The van der Waals surface area contributed by atoms with Crippen molar-refractivity contribution in [1.29, 1.82) is 5.41 Å².